The van der Waals surface area contributed by atoms with E-state index in [1.54, 1.807) is 0 Å². The Hall–Kier alpha value is -1.10. The summed E-state index contributed by atoms with van der Waals surface area (Å²) in [5.41, 5.74) is 8.23. The summed E-state index contributed by atoms with van der Waals surface area (Å²) in [6.07, 6.45) is 4.49. The summed E-state index contributed by atoms with van der Waals surface area (Å²) < 4.78 is 5.80. The Bertz CT molecular complexity index is 532. The Kier molecular flexibility index (Phi) is 9.62. The minimum absolute atomic E-state index is 0. The molecular weight excluding hydrogens is 348 g/mol. The second kappa shape index (κ2) is 10.9. The van der Waals surface area contributed by atoms with E-state index in [2.05, 4.69) is 45.0 Å². The normalized spacial score (nSPS) is 15.6. The topological polar surface area (TPSA) is 55.6 Å². The molecule has 0 aromatic heterocycles. The minimum atomic E-state index is 0. The summed E-state index contributed by atoms with van der Waals surface area (Å²) in [5, 5.41) is 0. The fourth-order valence-corrected chi connectivity index (χ4v) is 3.19. The van der Waals surface area contributed by atoms with E-state index in [4.69, 9.17) is 10.5 Å². The number of hydrogen-bond donors (Lipinski definition) is 1. The largest absolute Gasteiger partial charge is 0.378 e. The second-order valence-electron chi connectivity index (χ2n) is 8.04. The molecule has 0 bridgehead atoms. The third-order valence-corrected chi connectivity index (χ3v) is 4.94. The fraction of sp³-hybridized carbons (Fsp3) is 0.667. The molecule has 1 fully saturated rings. The molecule has 2 rings (SSSR count). The number of aryl methyl sites for hydroxylation is 1. The van der Waals surface area contributed by atoms with Crippen LogP contribution in [0.2, 0.25) is 0 Å². The van der Waals surface area contributed by atoms with E-state index >= 15 is 0 Å². The predicted molar refractivity (Wildman–Crippen MR) is 110 cm³/mol. The standard InChI is InChI=1S/C21H34N2O2.ClH/c1-21(2,3)18-8-5-17(6-9-18)7-10-20(24)23-14-11-19(12-15-23)25-16-4-13-22;/h5-6,8-9,19H,4,7,10-16,22H2,1-3H3;1H. The number of likely N-dealkylation sites (tertiary alicyclic amines) is 1. The van der Waals surface area contributed by atoms with Crippen LogP contribution in [-0.4, -0.2) is 43.2 Å². The zero-order valence-electron chi connectivity index (χ0n) is 16.5. The van der Waals surface area contributed by atoms with Crippen LogP contribution in [0.4, 0.5) is 0 Å². The third kappa shape index (κ3) is 7.26. The van der Waals surface area contributed by atoms with E-state index in [1.165, 1.54) is 11.1 Å². The number of carbonyl (C=O) groups excluding carboxylic acids is 1. The number of amides is 1. The fourth-order valence-electron chi connectivity index (χ4n) is 3.19. The highest BCUT2D eigenvalue weighted by Crippen LogP contribution is 2.22. The maximum absolute atomic E-state index is 12.4. The number of nitrogens with two attached hydrogens (primary N) is 1. The van der Waals surface area contributed by atoms with Gasteiger partial charge in [-0.3, -0.25) is 4.79 Å². The van der Waals surface area contributed by atoms with E-state index in [-0.39, 0.29) is 23.7 Å². The van der Waals surface area contributed by atoms with Crippen molar-refractivity contribution in [1.29, 1.82) is 0 Å². The van der Waals surface area contributed by atoms with Crippen molar-refractivity contribution in [3.8, 4) is 0 Å². The quantitative estimate of drug-likeness (QED) is 0.731. The molecule has 0 atom stereocenters. The van der Waals surface area contributed by atoms with Crippen LogP contribution in [-0.2, 0) is 21.4 Å². The second-order valence-corrected chi connectivity index (χ2v) is 8.04. The van der Waals surface area contributed by atoms with Gasteiger partial charge in [0.05, 0.1) is 6.10 Å². The Morgan fingerprint density at radius 1 is 1.19 bits per heavy atom. The van der Waals surface area contributed by atoms with E-state index in [1.807, 2.05) is 4.90 Å². The molecule has 26 heavy (non-hydrogen) atoms. The highest BCUT2D eigenvalue weighted by Gasteiger charge is 2.22. The van der Waals surface area contributed by atoms with Gasteiger partial charge in [-0.1, -0.05) is 45.0 Å². The lowest BCUT2D eigenvalue weighted by molar-refractivity contribution is -0.133. The SMILES string of the molecule is CC(C)(C)c1ccc(CCC(=O)N2CCC(OCCCN)CC2)cc1.Cl. The molecule has 1 aliphatic rings. The van der Waals surface area contributed by atoms with Gasteiger partial charge in [-0.25, -0.2) is 0 Å². The molecule has 1 aliphatic heterocycles. The molecule has 0 radical (unpaired) electrons. The van der Waals surface area contributed by atoms with Crippen LogP contribution < -0.4 is 5.73 Å². The summed E-state index contributed by atoms with van der Waals surface area (Å²) in [7, 11) is 0. The lowest BCUT2D eigenvalue weighted by Gasteiger charge is -2.32. The average molecular weight is 383 g/mol. The molecule has 2 N–H and O–H groups in total. The van der Waals surface area contributed by atoms with E-state index in [0.29, 0.717) is 19.1 Å². The van der Waals surface area contributed by atoms with Crippen molar-refractivity contribution in [3.63, 3.8) is 0 Å². The number of benzene rings is 1. The first-order chi connectivity index (χ1) is 11.9. The number of ether oxygens (including phenoxy) is 1. The Labute approximate surface area is 164 Å². The van der Waals surface area contributed by atoms with Crippen molar-refractivity contribution in [3.05, 3.63) is 35.4 Å². The van der Waals surface area contributed by atoms with Crippen LogP contribution in [0.3, 0.4) is 0 Å². The lowest BCUT2D eigenvalue weighted by atomic mass is 9.86. The summed E-state index contributed by atoms with van der Waals surface area (Å²) in [6, 6.07) is 8.69. The first kappa shape index (κ1) is 22.9. The van der Waals surface area contributed by atoms with Crippen LogP contribution >= 0.6 is 12.4 Å². The molecular formula is C21H35ClN2O2. The van der Waals surface area contributed by atoms with Crippen molar-refractivity contribution >= 4 is 18.3 Å². The summed E-state index contributed by atoms with van der Waals surface area (Å²) in [5.74, 6) is 0.264. The van der Waals surface area contributed by atoms with Crippen LogP contribution in [0.25, 0.3) is 0 Å². The number of rotatable bonds is 7. The first-order valence-corrected chi connectivity index (χ1v) is 9.59. The van der Waals surface area contributed by atoms with Crippen LogP contribution in [0.5, 0.6) is 0 Å². The molecule has 0 aliphatic carbocycles. The maximum Gasteiger partial charge on any atom is 0.222 e. The Balaban J connectivity index is 0.00000338. The zero-order chi connectivity index (χ0) is 18.3. The summed E-state index contributed by atoms with van der Waals surface area (Å²) in [6.45, 7) is 9.69. The van der Waals surface area contributed by atoms with Gasteiger partial charge in [-0.05, 0) is 48.8 Å². The van der Waals surface area contributed by atoms with E-state index < -0.39 is 0 Å². The molecule has 1 amide bonds. The summed E-state index contributed by atoms with van der Waals surface area (Å²) in [4.78, 5) is 14.4. The van der Waals surface area contributed by atoms with Crippen LogP contribution in [0, 0.1) is 0 Å². The van der Waals surface area contributed by atoms with Crippen LogP contribution in [0.15, 0.2) is 24.3 Å². The molecule has 1 saturated heterocycles. The van der Waals surface area contributed by atoms with Gasteiger partial charge in [-0.15, -0.1) is 12.4 Å². The molecule has 1 heterocycles. The zero-order valence-corrected chi connectivity index (χ0v) is 17.3. The van der Waals surface area contributed by atoms with Gasteiger partial charge in [0.1, 0.15) is 0 Å². The number of halogens is 1. The number of carbonyl (C=O) groups is 1. The van der Waals surface area contributed by atoms with Crippen molar-refractivity contribution in [1.82, 2.24) is 4.90 Å². The van der Waals surface area contributed by atoms with Gasteiger partial charge >= 0.3 is 0 Å². The van der Waals surface area contributed by atoms with Crippen molar-refractivity contribution in [2.75, 3.05) is 26.2 Å². The number of hydrogen-bond acceptors (Lipinski definition) is 3. The summed E-state index contributed by atoms with van der Waals surface area (Å²) >= 11 is 0. The molecule has 4 nitrogen and oxygen atoms in total. The molecule has 0 unspecified atom stereocenters. The molecule has 5 heteroatoms. The molecule has 1 aromatic rings. The van der Waals surface area contributed by atoms with Gasteiger partial charge in [-0.2, -0.15) is 0 Å². The highest BCUT2D eigenvalue weighted by molar-refractivity contribution is 5.85. The minimum Gasteiger partial charge on any atom is -0.378 e. The molecule has 1 aromatic carbocycles. The van der Waals surface area contributed by atoms with Crippen molar-refractivity contribution in [2.24, 2.45) is 5.73 Å². The number of piperidine rings is 1. The Morgan fingerprint density at radius 2 is 1.81 bits per heavy atom. The highest BCUT2D eigenvalue weighted by atomic mass is 35.5. The average Bonchev–Trinajstić information content (AvgIpc) is 2.60. The smallest absolute Gasteiger partial charge is 0.222 e. The van der Waals surface area contributed by atoms with Gasteiger partial charge in [0, 0.05) is 26.1 Å². The van der Waals surface area contributed by atoms with Gasteiger partial charge in [0.2, 0.25) is 5.91 Å². The monoisotopic (exact) mass is 382 g/mol. The predicted octanol–water partition coefficient (Wildman–Crippen LogP) is 3.69. The van der Waals surface area contributed by atoms with Crippen molar-refractivity contribution in [2.45, 2.75) is 64.4 Å². The van der Waals surface area contributed by atoms with Crippen LogP contribution in [0.1, 0.15) is 57.6 Å². The first-order valence-electron chi connectivity index (χ1n) is 9.59. The number of nitrogens with zero attached hydrogens (tertiary/aromatic N) is 1. The van der Waals surface area contributed by atoms with Gasteiger partial charge in [0.15, 0.2) is 0 Å². The molecule has 0 spiro atoms. The molecule has 0 saturated carbocycles. The third-order valence-electron chi connectivity index (χ3n) is 4.94. The lowest BCUT2D eigenvalue weighted by Crippen LogP contribution is -2.41. The van der Waals surface area contributed by atoms with E-state index in [9.17, 15) is 4.79 Å². The molecule has 148 valence electrons. The maximum atomic E-state index is 12.4. The van der Waals surface area contributed by atoms with Gasteiger partial charge in [0.25, 0.3) is 0 Å². The van der Waals surface area contributed by atoms with Gasteiger partial charge < -0.3 is 15.4 Å². The van der Waals surface area contributed by atoms with E-state index in [0.717, 1.165) is 45.4 Å². The Morgan fingerprint density at radius 3 is 2.35 bits per heavy atom. The van der Waals surface area contributed by atoms with Crippen molar-refractivity contribution < 1.29 is 9.53 Å².